The summed E-state index contributed by atoms with van der Waals surface area (Å²) in [6.45, 7) is 5.83. The van der Waals surface area contributed by atoms with E-state index < -0.39 is 5.97 Å². The third-order valence-electron chi connectivity index (χ3n) is 3.73. The fraction of sp³-hybridized carbons (Fsp3) is 0.211. The molecule has 0 unspecified atom stereocenters. The predicted octanol–water partition coefficient (Wildman–Crippen LogP) is 4.92. The minimum Gasteiger partial charge on any atom is -0.462 e. The lowest BCUT2D eigenvalue weighted by Crippen LogP contribution is -2.14. The number of nitrogens with zero attached hydrogens (tertiary/aromatic N) is 1. The highest BCUT2D eigenvalue weighted by Gasteiger charge is 2.21. The molecule has 0 bridgehead atoms. The van der Waals surface area contributed by atoms with Gasteiger partial charge in [-0.3, -0.25) is 4.79 Å². The van der Waals surface area contributed by atoms with Crippen molar-refractivity contribution in [2.75, 3.05) is 11.9 Å². The first-order valence-electron chi connectivity index (χ1n) is 8.09. The van der Waals surface area contributed by atoms with E-state index in [4.69, 9.17) is 4.74 Å². The Morgan fingerprint density at radius 2 is 1.88 bits per heavy atom. The number of rotatable bonds is 5. The molecule has 1 N–H and O–H groups in total. The van der Waals surface area contributed by atoms with E-state index >= 15 is 0 Å². The summed E-state index contributed by atoms with van der Waals surface area (Å²) in [6, 6.07) is 9.83. The average Bonchev–Trinajstić information content (AvgIpc) is 3.22. The molecule has 0 spiro atoms. The Bertz CT molecular complexity index is 942. The van der Waals surface area contributed by atoms with Crippen LogP contribution < -0.4 is 5.32 Å². The number of anilines is 1. The van der Waals surface area contributed by atoms with E-state index in [0.717, 1.165) is 16.0 Å². The van der Waals surface area contributed by atoms with Crippen LogP contribution in [0.1, 0.15) is 37.5 Å². The highest BCUT2D eigenvalue weighted by Crippen LogP contribution is 2.36. The van der Waals surface area contributed by atoms with Crippen LogP contribution in [0.4, 0.5) is 5.69 Å². The molecule has 0 radical (unpaired) electrons. The largest absolute Gasteiger partial charge is 0.462 e. The van der Waals surface area contributed by atoms with Gasteiger partial charge in [-0.25, -0.2) is 9.78 Å². The van der Waals surface area contributed by atoms with Crippen molar-refractivity contribution in [2.45, 2.75) is 20.8 Å². The number of amides is 1. The molecule has 0 fully saturated rings. The predicted molar refractivity (Wildman–Crippen MR) is 105 cm³/mol. The molecule has 0 aliphatic heterocycles. The van der Waals surface area contributed by atoms with Gasteiger partial charge in [0.1, 0.15) is 9.75 Å². The second-order valence-corrected chi connectivity index (χ2v) is 7.57. The molecule has 0 saturated carbocycles. The first kappa shape index (κ1) is 18.3. The summed E-state index contributed by atoms with van der Waals surface area (Å²) in [5.74, 6) is -0.712. The molecule has 1 aromatic carbocycles. The van der Waals surface area contributed by atoms with E-state index in [2.05, 4.69) is 10.3 Å². The maximum absolute atomic E-state index is 12.5. The number of esters is 1. The van der Waals surface area contributed by atoms with E-state index in [9.17, 15) is 9.59 Å². The molecule has 3 rings (SSSR count). The van der Waals surface area contributed by atoms with Gasteiger partial charge in [0, 0.05) is 4.88 Å². The second-order valence-electron chi connectivity index (χ2n) is 5.66. The van der Waals surface area contributed by atoms with Gasteiger partial charge >= 0.3 is 5.97 Å². The van der Waals surface area contributed by atoms with Crippen LogP contribution in [-0.2, 0) is 4.74 Å². The van der Waals surface area contributed by atoms with Crippen molar-refractivity contribution >= 4 is 40.2 Å². The highest BCUT2D eigenvalue weighted by atomic mass is 32.1. The van der Waals surface area contributed by atoms with E-state index in [1.807, 2.05) is 37.3 Å². The van der Waals surface area contributed by atoms with Crippen LogP contribution in [0, 0.1) is 13.8 Å². The van der Waals surface area contributed by atoms with Gasteiger partial charge < -0.3 is 10.1 Å². The van der Waals surface area contributed by atoms with Gasteiger partial charge in [0.2, 0.25) is 0 Å². The fourth-order valence-corrected chi connectivity index (χ4v) is 4.10. The fourth-order valence-electron chi connectivity index (χ4n) is 2.39. The van der Waals surface area contributed by atoms with Gasteiger partial charge in [0.15, 0.2) is 0 Å². The molecule has 2 heterocycles. The third-order valence-corrected chi connectivity index (χ3v) is 5.82. The molecule has 134 valence electrons. The Balaban J connectivity index is 1.96. The van der Waals surface area contributed by atoms with Crippen molar-refractivity contribution in [3.05, 3.63) is 56.9 Å². The van der Waals surface area contributed by atoms with Crippen LogP contribution >= 0.6 is 22.7 Å². The number of thiazole rings is 1. The first-order valence-corrected chi connectivity index (χ1v) is 9.78. The molecule has 7 heteroatoms. The Morgan fingerprint density at radius 3 is 2.50 bits per heavy atom. The number of benzene rings is 1. The lowest BCUT2D eigenvalue weighted by molar-refractivity contribution is 0.0533. The van der Waals surface area contributed by atoms with Crippen LogP contribution in [0.2, 0.25) is 0 Å². The zero-order chi connectivity index (χ0) is 18.7. The lowest BCUT2D eigenvalue weighted by atomic mass is 10.1. The van der Waals surface area contributed by atoms with Crippen molar-refractivity contribution in [2.24, 2.45) is 0 Å². The molecule has 0 aliphatic carbocycles. The van der Waals surface area contributed by atoms with Gasteiger partial charge in [-0.2, -0.15) is 0 Å². The molecule has 1 amide bonds. The summed E-state index contributed by atoms with van der Waals surface area (Å²) in [4.78, 5) is 30.8. The van der Waals surface area contributed by atoms with Crippen LogP contribution in [0.25, 0.3) is 10.4 Å². The molecule has 26 heavy (non-hydrogen) atoms. The topological polar surface area (TPSA) is 68.3 Å². The highest BCUT2D eigenvalue weighted by molar-refractivity contribution is 7.18. The quantitative estimate of drug-likeness (QED) is 0.632. The molecular formula is C19H18N2O3S2. The Morgan fingerprint density at radius 1 is 1.15 bits per heavy atom. The third kappa shape index (κ3) is 3.84. The molecular weight excluding hydrogens is 368 g/mol. The minimum atomic E-state index is -0.438. The molecule has 0 atom stereocenters. The number of thiophene rings is 1. The number of hydrogen-bond donors (Lipinski definition) is 1. The second kappa shape index (κ2) is 7.80. The minimum absolute atomic E-state index is 0.274. The van der Waals surface area contributed by atoms with Crippen molar-refractivity contribution in [1.82, 2.24) is 4.98 Å². The normalized spacial score (nSPS) is 10.6. The first-order chi connectivity index (χ1) is 12.5. The molecule has 0 saturated heterocycles. The Hall–Kier alpha value is -2.51. The number of hydrogen-bond acceptors (Lipinski definition) is 6. The number of carbonyl (C=O) groups is 2. The molecule has 2 aromatic heterocycles. The zero-order valence-corrected chi connectivity index (χ0v) is 16.3. The number of ether oxygens (including phenoxy) is 1. The number of nitrogens with one attached hydrogen (secondary N) is 1. The van der Waals surface area contributed by atoms with Crippen LogP contribution in [0.3, 0.4) is 0 Å². The lowest BCUT2D eigenvalue weighted by Gasteiger charge is -2.05. The van der Waals surface area contributed by atoms with Crippen molar-refractivity contribution < 1.29 is 14.3 Å². The maximum atomic E-state index is 12.5. The maximum Gasteiger partial charge on any atom is 0.350 e. The number of aromatic nitrogens is 1. The Kier molecular flexibility index (Phi) is 5.49. The van der Waals surface area contributed by atoms with Crippen molar-refractivity contribution in [1.29, 1.82) is 0 Å². The van der Waals surface area contributed by atoms with E-state index in [1.54, 1.807) is 19.4 Å². The number of carbonyl (C=O) groups excluding carboxylic acids is 2. The van der Waals surface area contributed by atoms with Gasteiger partial charge in [0.05, 0.1) is 23.5 Å². The number of aryl methyl sites for hydroxylation is 2. The summed E-state index contributed by atoms with van der Waals surface area (Å²) >= 11 is 2.58. The van der Waals surface area contributed by atoms with Gasteiger partial charge in [-0.05, 0) is 32.4 Å². The summed E-state index contributed by atoms with van der Waals surface area (Å²) < 4.78 is 5.14. The zero-order valence-electron chi connectivity index (χ0n) is 14.7. The SMILES string of the molecule is CCOC(=O)c1sc(-c2ccc(C)cc2)cc1NC(=O)c1scnc1C. The van der Waals surface area contributed by atoms with Crippen LogP contribution in [-0.4, -0.2) is 23.5 Å². The average molecular weight is 386 g/mol. The monoisotopic (exact) mass is 386 g/mol. The van der Waals surface area contributed by atoms with E-state index in [-0.39, 0.29) is 12.5 Å². The molecule has 3 aromatic rings. The van der Waals surface area contributed by atoms with Crippen LogP contribution in [0.15, 0.2) is 35.8 Å². The smallest absolute Gasteiger partial charge is 0.350 e. The summed E-state index contributed by atoms with van der Waals surface area (Å²) in [6.07, 6.45) is 0. The molecule has 0 aliphatic rings. The van der Waals surface area contributed by atoms with E-state index in [1.165, 1.54) is 22.7 Å². The van der Waals surface area contributed by atoms with Crippen LogP contribution in [0.5, 0.6) is 0 Å². The van der Waals surface area contributed by atoms with Gasteiger partial charge in [-0.15, -0.1) is 22.7 Å². The van der Waals surface area contributed by atoms with Crippen molar-refractivity contribution in [3.8, 4) is 10.4 Å². The summed E-state index contributed by atoms with van der Waals surface area (Å²) in [7, 11) is 0. The Labute approximate surface area is 159 Å². The van der Waals surface area contributed by atoms with Gasteiger partial charge in [-0.1, -0.05) is 29.8 Å². The summed E-state index contributed by atoms with van der Waals surface area (Å²) in [5.41, 5.74) is 4.90. The van der Waals surface area contributed by atoms with E-state index in [0.29, 0.717) is 21.1 Å². The summed E-state index contributed by atoms with van der Waals surface area (Å²) in [5, 5.41) is 2.84. The molecule has 5 nitrogen and oxygen atoms in total. The van der Waals surface area contributed by atoms with Gasteiger partial charge in [0.25, 0.3) is 5.91 Å². The van der Waals surface area contributed by atoms with Crippen molar-refractivity contribution in [3.63, 3.8) is 0 Å². The standard InChI is InChI=1S/C19H18N2O3S2/c1-4-24-19(23)17-14(21-18(22)16-12(3)20-10-25-16)9-15(26-17)13-7-5-11(2)6-8-13/h5-10H,4H2,1-3H3,(H,21,22).